The van der Waals surface area contributed by atoms with Gasteiger partial charge in [-0.3, -0.25) is 4.90 Å². The van der Waals surface area contributed by atoms with Crippen LogP contribution in [0.15, 0.2) is 0 Å². The van der Waals surface area contributed by atoms with Crippen molar-refractivity contribution in [1.29, 1.82) is 0 Å². The van der Waals surface area contributed by atoms with Crippen LogP contribution in [0.1, 0.15) is 26.2 Å². The average Bonchev–Trinajstić information content (AvgIpc) is 2.30. The van der Waals surface area contributed by atoms with Crippen molar-refractivity contribution >= 4 is 17.2 Å². The Labute approximate surface area is 110 Å². The van der Waals surface area contributed by atoms with Gasteiger partial charge in [-0.1, -0.05) is 19.1 Å². The fraction of sp³-hybridized carbons (Fsp3) is 0.917. The highest BCUT2D eigenvalue weighted by molar-refractivity contribution is 7.80. The van der Waals surface area contributed by atoms with E-state index in [-0.39, 0.29) is 0 Å². The van der Waals surface area contributed by atoms with E-state index in [2.05, 4.69) is 11.8 Å². The van der Waals surface area contributed by atoms with Gasteiger partial charge in [0.2, 0.25) is 0 Å². The van der Waals surface area contributed by atoms with Gasteiger partial charge >= 0.3 is 0 Å². The molecule has 0 radical (unpaired) electrons. The van der Waals surface area contributed by atoms with Crippen molar-refractivity contribution in [1.82, 2.24) is 4.90 Å². The van der Waals surface area contributed by atoms with Crippen LogP contribution in [-0.4, -0.2) is 56.5 Å². The van der Waals surface area contributed by atoms with Gasteiger partial charge < -0.3 is 15.2 Å². The summed E-state index contributed by atoms with van der Waals surface area (Å²) in [5.74, 6) is 0. The number of thiocarbonyl (C=S) groups is 1. The summed E-state index contributed by atoms with van der Waals surface area (Å²) in [6.45, 7) is 5.60. The Bertz CT molecular complexity index is 203. The van der Waals surface area contributed by atoms with Gasteiger partial charge in [-0.05, 0) is 12.8 Å². The van der Waals surface area contributed by atoms with Gasteiger partial charge in [0.1, 0.15) is 0 Å². The molecule has 0 aliphatic rings. The summed E-state index contributed by atoms with van der Waals surface area (Å²) in [6, 6.07) is 0.416. The summed E-state index contributed by atoms with van der Waals surface area (Å²) in [4.78, 5) is 2.98. The lowest BCUT2D eigenvalue weighted by Gasteiger charge is -2.30. The van der Waals surface area contributed by atoms with Crippen LogP contribution in [0, 0.1) is 0 Å². The minimum absolute atomic E-state index is 0.416. The van der Waals surface area contributed by atoms with Crippen LogP contribution in [0.3, 0.4) is 0 Å². The van der Waals surface area contributed by atoms with E-state index in [1.807, 2.05) is 0 Å². The first-order valence-corrected chi connectivity index (χ1v) is 6.56. The number of methoxy groups -OCH3 is 2. The van der Waals surface area contributed by atoms with E-state index in [0.29, 0.717) is 11.0 Å². The van der Waals surface area contributed by atoms with E-state index >= 15 is 0 Å². The minimum atomic E-state index is 0.416. The first kappa shape index (κ1) is 16.8. The summed E-state index contributed by atoms with van der Waals surface area (Å²) in [5, 5.41) is 0. The molecule has 0 heterocycles. The topological polar surface area (TPSA) is 47.7 Å². The zero-order valence-electron chi connectivity index (χ0n) is 11.3. The molecule has 0 saturated carbocycles. The number of rotatable bonds is 11. The molecule has 102 valence electrons. The van der Waals surface area contributed by atoms with Crippen LogP contribution in [0.25, 0.3) is 0 Å². The second-order valence-corrected chi connectivity index (χ2v) is 4.63. The maximum absolute atomic E-state index is 5.64. The van der Waals surface area contributed by atoms with E-state index in [4.69, 9.17) is 27.4 Å². The Balaban J connectivity index is 4.22. The molecule has 0 spiro atoms. The predicted octanol–water partition coefficient (Wildman–Crippen LogP) is 1.43. The second kappa shape index (κ2) is 10.9. The first-order chi connectivity index (χ1) is 8.15. The number of hydrogen-bond acceptors (Lipinski definition) is 4. The van der Waals surface area contributed by atoms with Crippen molar-refractivity contribution in [3.05, 3.63) is 0 Å². The molecular formula is C12H26N2O2S. The molecule has 0 saturated heterocycles. The number of ether oxygens (including phenoxy) is 2. The molecule has 1 unspecified atom stereocenters. The van der Waals surface area contributed by atoms with Crippen LogP contribution in [0.4, 0.5) is 0 Å². The third-order valence-corrected chi connectivity index (χ3v) is 2.97. The van der Waals surface area contributed by atoms with Crippen LogP contribution in [0.5, 0.6) is 0 Å². The van der Waals surface area contributed by atoms with Crippen LogP contribution >= 0.6 is 12.2 Å². The monoisotopic (exact) mass is 262 g/mol. The molecule has 4 nitrogen and oxygen atoms in total. The van der Waals surface area contributed by atoms with Gasteiger partial charge in [0.05, 0.1) is 11.6 Å². The lowest BCUT2D eigenvalue weighted by molar-refractivity contribution is 0.106. The van der Waals surface area contributed by atoms with E-state index in [9.17, 15) is 0 Å². The van der Waals surface area contributed by atoms with Gasteiger partial charge in [0.25, 0.3) is 0 Å². The second-order valence-electron chi connectivity index (χ2n) is 4.11. The van der Waals surface area contributed by atoms with Gasteiger partial charge in [0.15, 0.2) is 0 Å². The molecule has 0 aromatic carbocycles. The predicted molar refractivity (Wildman–Crippen MR) is 75.4 cm³/mol. The SMILES string of the molecule is CCC(CC(N)=S)N(CCCOC)CCOC. The Hall–Kier alpha value is -0.230. The molecule has 0 fully saturated rings. The molecule has 17 heavy (non-hydrogen) atoms. The summed E-state index contributed by atoms with van der Waals surface area (Å²) in [5.41, 5.74) is 5.64. The van der Waals surface area contributed by atoms with E-state index in [1.54, 1.807) is 14.2 Å². The molecule has 5 heteroatoms. The third kappa shape index (κ3) is 8.49. The summed E-state index contributed by atoms with van der Waals surface area (Å²) >= 11 is 5.00. The Morgan fingerprint density at radius 1 is 1.24 bits per heavy atom. The normalized spacial score (nSPS) is 12.9. The fourth-order valence-electron chi connectivity index (χ4n) is 1.86. The maximum Gasteiger partial charge on any atom is 0.0743 e. The molecule has 0 aliphatic carbocycles. The van der Waals surface area contributed by atoms with E-state index < -0.39 is 0 Å². The summed E-state index contributed by atoms with van der Waals surface area (Å²) in [7, 11) is 3.45. The standard InChI is InChI=1S/C12H26N2O2S/c1-4-11(10-12(13)17)14(7-9-16-3)6-5-8-15-2/h11H,4-10H2,1-3H3,(H2,13,17). The number of nitrogens with zero attached hydrogens (tertiary/aromatic N) is 1. The Kier molecular flexibility index (Phi) is 10.7. The first-order valence-electron chi connectivity index (χ1n) is 6.15. The number of hydrogen-bond donors (Lipinski definition) is 1. The lowest BCUT2D eigenvalue weighted by Crippen LogP contribution is -2.40. The van der Waals surface area contributed by atoms with Crippen molar-refractivity contribution in [2.45, 2.75) is 32.2 Å². The largest absolute Gasteiger partial charge is 0.393 e. The summed E-state index contributed by atoms with van der Waals surface area (Å²) in [6.07, 6.45) is 2.85. The molecule has 1 atom stereocenters. The van der Waals surface area contributed by atoms with Crippen molar-refractivity contribution < 1.29 is 9.47 Å². The molecule has 0 amide bonds. The van der Waals surface area contributed by atoms with Gasteiger partial charge in [-0.15, -0.1) is 0 Å². The average molecular weight is 262 g/mol. The summed E-state index contributed by atoms with van der Waals surface area (Å²) < 4.78 is 10.2. The lowest BCUT2D eigenvalue weighted by atomic mass is 10.1. The molecule has 0 aromatic heterocycles. The van der Waals surface area contributed by atoms with Gasteiger partial charge in [-0.25, -0.2) is 0 Å². The van der Waals surface area contributed by atoms with Gasteiger partial charge in [-0.2, -0.15) is 0 Å². The van der Waals surface area contributed by atoms with Crippen LogP contribution < -0.4 is 5.73 Å². The molecule has 0 aromatic rings. The van der Waals surface area contributed by atoms with Crippen molar-refractivity contribution in [2.75, 3.05) is 40.5 Å². The Morgan fingerprint density at radius 3 is 2.35 bits per heavy atom. The highest BCUT2D eigenvalue weighted by atomic mass is 32.1. The van der Waals surface area contributed by atoms with Crippen LogP contribution in [0.2, 0.25) is 0 Å². The van der Waals surface area contributed by atoms with E-state index in [0.717, 1.165) is 45.6 Å². The minimum Gasteiger partial charge on any atom is -0.393 e. The number of nitrogens with two attached hydrogens (primary N) is 1. The van der Waals surface area contributed by atoms with E-state index in [1.165, 1.54) is 0 Å². The maximum atomic E-state index is 5.64. The molecular weight excluding hydrogens is 236 g/mol. The van der Waals surface area contributed by atoms with Crippen molar-refractivity contribution in [3.63, 3.8) is 0 Å². The Morgan fingerprint density at radius 2 is 1.88 bits per heavy atom. The molecule has 2 N–H and O–H groups in total. The molecule has 0 rings (SSSR count). The van der Waals surface area contributed by atoms with Gasteiger partial charge in [0, 0.05) is 46.4 Å². The zero-order chi connectivity index (χ0) is 13.1. The third-order valence-electron chi connectivity index (χ3n) is 2.80. The highest BCUT2D eigenvalue weighted by Crippen LogP contribution is 2.09. The highest BCUT2D eigenvalue weighted by Gasteiger charge is 2.16. The smallest absolute Gasteiger partial charge is 0.0743 e. The zero-order valence-corrected chi connectivity index (χ0v) is 12.1. The fourth-order valence-corrected chi connectivity index (χ4v) is 2.05. The quantitative estimate of drug-likeness (QED) is 0.451. The molecule has 0 aliphatic heterocycles. The molecule has 0 bridgehead atoms. The van der Waals surface area contributed by atoms with Crippen molar-refractivity contribution in [2.24, 2.45) is 5.73 Å². The van der Waals surface area contributed by atoms with Crippen LogP contribution in [-0.2, 0) is 9.47 Å². The van der Waals surface area contributed by atoms with Crippen molar-refractivity contribution in [3.8, 4) is 0 Å².